The summed E-state index contributed by atoms with van der Waals surface area (Å²) < 4.78 is 7.10. The fourth-order valence-corrected chi connectivity index (χ4v) is 4.46. The number of benzene rings is 1. The number of halogens is 1. The van der Waals surface area contributed by atoms with Gasteiger partial charge in [0.15, 0.2) is 0 Å². The third kappa shape index (κ3) is 4.74. The number of carbonyl (C=O) groups is 1. The molecule has 4 rings (SSSR count). The lowest BCUT2D eigenvalue weighted by molar-refractivity contribution is -0.113. The van der Waals surface area contributed by atoms with Crippen molar-refractivity contribution in [3.63, 3.8) is 0 Å². The van der Waals surface area contributed by atoms with Crippen LogP contribution in [0, 0.1) is 0 Å². The molecule has 0 fully saturated rings. The molecule has 3 aromatic rings. The average Bonchev–Trinajstić information content (AvgIpc) is 3.24. The minimum atomic E-state index is -0.303. The van der Waals surface area contributed by atoms with Crippen LogP contribution in [0.15, 0.2) is 56.9 Å². The van der Waals surface area contributed by atoms with E-state index in [4.69, 9.17) is 16.0 Å². The molecule has 0 radical (unpaired) electrons. The van der Waals surface area contributed by atoms with Gasteiger partial charge in [-0.15, -0.1) is 0 Å². The predicted molar refractivity (Wildman–Crippen MR) is 114 cm³/mol. The van der Waals surface area contributed by atoms with Gasteiger partial charge in [-0.05, 0) is 62.1 Å². The van der Waals surface area contributed by atoms with E-state index in [0.717, 1.165) is 42.7 Å². The molecule has 0 bridgehead atoms. The van der Waals surface area contributed by atoms with E-state index in [-0.39, 0.29) is 17.3 Å². The molecule has 2 heterocycles. The van der Waals surface area contributed by atoms with E-state index in [0.29, 0.717) is 22.3 Å². The van der Waals surface area contributed by atoms with Crippen LogP contribution in [0.3, 0.4) is 0 Å². The zero-order valence-corrected chi connectivity index (χ0v) is 17.3. The summed E-state index contributed by atoms with van der Waals surface area (Å²) in [5, 5.41) is 4.11. The van der Waals surface area contributed by atoms with Gasteiger partial charge in [0.2, 0.25) is 5.91 Å². The van der Waals surface area contributed by atoms with Gasteiger partial charge in [0, 0.05) is 22.0 Å². The number of hydrogen-bond donors (Lipinski definition) is 1. The molecule has 0 atom stereocenters. The molecule has 0 spiro atoms. The molecule has 1 amide bonds. The summed E-state index contributed by atoms with van der Waals surface area (Å²) in [7, 11) is 0. The molecular formula is C21H20ClN3O3S. The lowest BCUT2D eigenvalue weighted by Crippen LogP contribution is -2.30. The van der Waals surface area contributed by atoms with Gasteiger partial charge in [-0.25, -0.2) is 4.79 Å². The van der Waals surface area contributed by atoms with E-state index in [1.807, 2.05) is 12.1 Å². The first-order valence-electron chi connectivity index (χ1n) is 9.43. The topological polar surface area (TPSA) is 77.1 Å². The van der Waals surface area contributed by atoms with Crippen molar-refractivity contribution < 1.29 is 9.21 Å². The Hall–Kier alpha value is -2.51. The number of nitrogens with zero attached hydrogens (tertiary/aromatic N) is 2. The van der Waals surface area contributed by atoms with E-state index >= 15 is 0 Å². The smallest absolute Gasteiger partial charge is 0.349 e. The van der Waals surface area contributed by atoms with E-state index in [1.54, 1.807) is 35.1 Å². The van der Waals surface area contributed by atoms with Crippen LogP contribution >= 0.6 is 23.4 Å². The van der Waals surface area contributed by atoms with Crippen LogP contribution in [0.1, 0.15) is 29.9 Å². The van der Waals surface area contributed by atoms with Crippen molar-refractivity contribution >= 4 is 35.0 Å². The molecule has 0 unspecified atom stereocenters. The predicted octanol–water partition coefficient (Wildman–Crippen LogP) is 4.15. The third-order valence-electron chi connectivity index (χ3n) is 4.81. The van der Waals surface area contributed by atoms with Gasteiger partial charge in [0.25, 0.3) is 0 Å². The Labute approximate surface area is 177 Å². The number of aromatic nitrogens is 2. The Morgan fingerprint density at radius 1 is 1.21 bits per heavy atom. The number of fused-ring (bicyclic) bond motifs is 1. The molecule has 2 aromatic heterocycles. The normalized spacial score (nSPS) is 13.1. The maximum absolute atomic E-state index is 12.7. The summed E-state index contributed by atoms with van der Waals surface area (Å²) in [6.45, 7) is 0.378. The highest BCUT2D eigenvalue weighted by Gasteiger charge is 2.21. The molecule has 1 aliphatic carbocycles. The summed E-state index contributed by atoms with van der Waals surface area (Å²) in [5.41, 5.74) is 2.46. The summed E-state index contributed by atoms with van der Waals surface area (Å²) in [5.74, 6) is 0.761. The Balaban J connectivity index is 1.51. The lowest BCUT2D eigenvalue weighted by Gasteiger charge is -2.22. The maximum atomic E-state index is 12.7. The first-order chi connectivity index (χ1) is 14.1. The van der Waals surface area contributed by atoms with Crippen LogP contribution in [-0.4, -0.2) is 21.2 Å². The van der Waals surface area contributed by atoms with E-state index in [9.17, 15) is 9.59 Å². The molecule has 6 nitrogen and oxygen atoms in total. The van der Waals surface area contributed by atoms with Crippen molar-refractivity contribution in [3.05, 3.63) is 75.2 Å². The third-order valence-corrected chi connectivity index (χ3v) is 6.08. The van der Waals surface area contributed by atoms with Crippen molar-refractivity contribution in [1.82, 2.24) is 9.55 Å². The van der Waals surface area contributed by atoms with Crippen LogP contribution in [0.25, 0.3) is 0 Å². The van der Waals surface area contributed by atoms with E-state index < -0.39 is 0 Å². The Morgan fingerprint density at radius 2 is 2.00 bits per heavy atom. The van der Waals surface area contributed by atoms with Crippen molar-refractivity contribution in [1.29, 1.82) is 0 Å². The number of anilines is 1. The van der Waals surface area contributed by atoms with E-state index in [2.05, 4.69) is 10.3 Å². The average molecular weight is 430 g/mol. The van der Waals surface area contributed by atoms with Crippen LogP contribution in [0.5, 0.6) is 0 Å². The van der Waals surface area contributed by atoms with Gasteiger partial charge >= 0.3 is 5.69 Å². The van der Waals surface area contributed by atoms with Crippen molar-refractivity contribution in [3.8, 4) is 0 Å². The van der Waals surface area contributed by atoms with Crippen LogP contribution in [0.4, 0.5) is 5.69 Å². The molecule has 0 saturated carbocycles. The Morgan fingerprint density at radius 3 is 2.76 bits per heavy atom. The standard InChI is InChI=1S/C21H20ClN3O3S/c22-14-7-9-15(10-8-14)23-19(26)13-29-20-17-5-1-2-6-18(17)25(21(27)24-20)12-16-4-3-11-28-16/h3-4,7-11H,1-2,5-6,12-13H2,(H,23,26). The van der Waals surface area contributed by atoms with Gasteiger partial charge in [0.1, 0.15) is 10.8 Å². The highest BCUT2D eigenvalue weighted by atomic mass is 35.5. The molecular weight excluding hydrogens is 410 g/mol. The highest BCUT2D eigenvalue weighted by molar-refractivity contribution is 8.00. The summed E-state index contributed by atoms with van der Waals surface area (Å²) in [6.07, 6.45) is 5.39. The SMILES string of the molecule is O=C(CSc1nc(=O)n(Cc2ccco2)c2c1CCCC2)Nc1ccc(Cl)cc1. The largest absolute Gasteiger partial charge is 0.467 e. The number of furan rings is 1. The van der Waals surface area contributed by atoms with Crippen molar-refractivity contribution in [2.75, 3.05) is 11.1 Å². The Kier molecular flexibility index (Phi) is 6.06. The molecule has 0 aliphatic heterocycles. The van der Waals surface area contributed by atoms with Gasteiger partial charge < -0.3 is 9.73 Å². The number of amides is 1. The second-order valence-corrected chi connectivity index (χ2v) is 8.24. The highest BCUT2D eigenvalue weighted by Crippen LogP contribution is 2.29. The van der Waals surface area contributed by atoms with Crippen LogP contribution < -0.4 is 11.0 Å². The zero-order valence-electron chi connectivity index (χ0n) is 15.7. The lowest BCUT2D eigenvalue weighted by atomic mass is 9.97. The van der Waals surface area contributed by atoms with Gasteiger partial charge in [0.05, 0.1) is 18.6 Å². The summed E-state index contributed by atoms with van der Waals surface area (Å²) in [4.78, 5) is 29.3. The number of carbonyl (C=O) groups excluding carboxylic acids is 1. The first-order valence-corrected chi connectivity index (χ1v) is 10.8. The second-order valence-electron chi connectivity index (χ2n) is 6.84. The molecule has 29 heavy (non-hydrogen) atoms. The van der Waals surface area contributed by atoms with Gasteiger partial charge in [-0.3, -0.25) is 9.36 Å². The molecule has 1 aromatic carbocycles. The second kappa shape index (κ2) is 8.88. The first kappa shape index (κ1) is 19.8. The number of rotatable bonds is 6. The van der Waals surface area contributed by atoms with Crippen molar-refractivity contribution in [2.45, 2.75) is 37.3 Å². The number of hydrogen-bond acceptors (Lipinski definition) is 5. The maximum Gasteiger partial charge on any atom is 0.349 e. The quantitative estimate of drug-likeness (QED) is 0.470. The van der Waals surface area contributed by atoms with Gasteiger partial charge in [-0.2, -0.15) is 4.98 Å². The van der Waals surface area contributed by atoms with Gasteiger partial charge in [-0.1, -0.05) is 23.4 Å². The minimum Gasteiger partial charge on any atom is -0.467 e. The Bertz CT molecular complexity index is 1060. The molecule has 1 aliphatic rings. The van der Waals surface area contributed by atoms with Crippen LogP contribution in [-0.2, 0) is 24.2 Å². The molecule has 8 heteroatoms. The fourth-order valence-electron chi connectivity index (χ4n) is 3.45. The zero-order chi connectivity index (χ0) is 20.2. The van der Waals surface area contributed by atoms with Crippen molar-refractivity contribution in [2.24, 2.45) is 0 Å². The fraction of sp³-hybridized carbons (Fsp3) is 0.286. The summed E-state index contributed by atoms with van der Waals surface area (Å²) >= 11 is 7.18. The summed E-state index contributed by atoms with van der Waals surface area (Å²) in [6, 6.07) is 10.6. The van der Waals surface area contributed by atoms with E-state index in [1.165, 1.54) is 11.8 Å². The molecule has 0 saturated heterocycles. The molecule has 150 valence electrons. The molecule has 1 N–H and O–H groups in total. The number of nitrogens with one attached hydrogen (secondary N) is 1. The minimum absolute atomic E-state index is 0.150. The monoisotopic (exact) mass is 429 g/mol. The van der Waals surface area contributed by atoms with Crippen LogP contribution in [0.2, 0.25) is 5.02 Å². The number of thioether (sulfide) groups is 1.